The second-order valence-electron chi connectivity index (χ2n) is 5.98. The highest BCUT2D eigenvalue weighted by molar-refractivity contribution is 5.95. The molecule has 4 heteroatoms. The van der Waals surface area contributed by atoms with Crippen molar-refractivity contribution in [2.24, 2.45) is 0 Å². The number of nitrogens with zero attached hydrogens (tertiary/aromatic N) is 1. The lowest BCUT2D eigenvalue weighted by Crippen LogP contribution is -2.34. The molecule has 1 aliphatic carbocycles. The van der Waals surface area contributed by atoms with E-state index < -0.39 is 0 Å². The fourth-order valence-corrected chi connectivity index (χ4v) is 2.58. The lowest BCUT2D eigenvalue weighted by atomic mass is 10.0. The van der Waals surface area contributed by atoms with Gasteiger partial charge in [-0.25, -0.2) is 4.39 Å². The number of carbonyl (C=O) groups is 1. The Morgan fingerprint density at radius 1 is 1.05 bits per heavy atom. The van der Waals surface area contributed by atoms with Gasteiger partial charge in [0.15, 0.2) is 0 Å². The van der Waals surface area contributed by atoms with Crippen molar-refractivity contribution in [2.45, 2.75) is 18.4 Å². The van der Waals surface area contributed by atoms with E-state index in [-0.39, 0.29) is 17.3 Å². The molecule has 0 bridgehead atoms. The molecule has 0 unspecified atom stereocenters. The first-order valence-corrected chi connectivity index (χ1v) is 7.36. The molecule has 114 valence electrons. The van der Waals surface area contributed by atoms with Crippen LogP contribution in [0, 0.1) is 5.82 Å². The molecule has 1 aliphatic rings. The molecule has 0 radical (unpaired) electrons. The second-order valence-corrected chi connectivity index (χ2v) is 5.98. The molecule has 22 heavy (non-hydrogen) atoms. The third-order valence-electron chi connectivity index (χ3n) is 4.15. The Morgan fingerprint density at radius 3 is 2.14 bits per heavy atom. The van der Waals surface area contributed by atoms with Gasteiger partial charge in [0.1, 0.15) is 5.82 Å². The smallest absolute Gasteiger partial charge is 0.251 e. The summed E-state index contributed by atoms with van der Waals surface area (Å²) in [6.45, 7) is 0. The summed E-state index contributed by atoms with van der Waals surface area (Å²) in [7, 11) is 3.92. The first-order valence-electron chi connectivity index (χ1n) is 7.36. The molecule has 1 N–H and O–H groups in total. The molecular formula is C18H19FN2O. The van der Waals surface area contributed by atoms with Gasteiger partial charge in [-0.3, -0.25) is 4.79 Å². The molecule has 1 amide bonds. The molecule has 3 nitrogen and oxygen atoms in total. The minimum atomic E-state index is -0.328. The highest BCUT2D eigenvalue weighted by Gasteiger charge is 2.45. The summed E-state index contributed by atoms with van der Waals surface area (Å²) in [5.74, 6) is -0.350. The molecule has 1 fully saturated rings. The summed E-state index contributed by atoms with van der Waals surface area (Å²) in [6, 6.07) is 13.9. The molecule has 0 atom stereocenters. The number of nitrogens with one attached hydrogen (secondary N) is 1. The number of rotatable bonds is 4. The van der Waals surface area contributed by atoms with Gasteiger partial charge in [0.2, 0.25) is 0 Å². The third-order valence-corrected chi connectivity index (χ3v) is 4.15. The van der Waals surface area contributed by atoms with Gasteiger partial charge < -0.3 is 10.2 Å². The van der Waals surface area contributed by atoms with Crippen LogP contribution in [0.2, 0.25) is 0 Å². The maximum absolute atomic E-state index is 13.0. The van der Waals surface area contributed by atoms with Gasteiger partial charge in [-0.1, -0.05) is 12.1 Å². The van der Waals surface area contributed by atoms with Crippen molar-refractivity contribution in [3.05, 3.63) is 65.5 Å². The summed E-state index contributed by atoms with van der Waals surface area (Å²) in [6.07, 6.45) is 1.78. The Kier molecular flexibility index (Phi) is 3.61. The van der Waals surface area contributed by atoms with Crippen molar-refractivity contribution >= 4 is 11.6 Å². The molecule has 0 heterocycles. The molecule has 2 aromatic carbocycles. The van der Waals surface area contributed by atoms with Crippen LogP contribution in [0.5, 0.6) is 0 Å². The topological polar surface area (TPSA) is 32.3 Å². The maximum Gasteiger partial charge on any atom is 0.251 e. The van der Waals surface area contributed by atoms with Crippen LogP contribution in [0.15, 0.2) is 48.5 Å². The van der Waals surface area contributed by atoms with E-state index in [1.165, 1.54) is 12.1 Å². The maximum atomic E-state index is 13.0. The number of halogens is 1. The number of carbonyl (C=O) groups excluding carboxylic acids is 1. The van der Waals surface area contributed by atoms with E-state index >= 15 is 0 Å². The van der Waals surface area contributed by atoms with Crippen LogP contribution in [-0.2, 0) is 5.54 Å². The number of benzene rings is 2. The van der Waals surface area contributed by atoms with Gasteiger partial charge >= 0.3 is 0 Å². The van der Waals surface area contributed by atoms with Gasteiger partial charge in [-0.15, -0.1) is 0 Å². The van der Waals surface area contributed by atoms with E-state index in [1.54, 1.807) is 12.1 Å². The quantitative estimate of drug-likeness (QED) is 0.939. The summed E-state index contributed by atoms with van der Waals surface area (Å²) in [4.78, 5) is 14.4. The molecule has 2 aromatic rings. The zero-order valence-electron chi connectivity index (χ0n) is 12.8. The number of anilines is 1. The van der Waals surface area contributed by atoms with Crippen molar-refractivity contribution < 1.29 is 9.18 Å². The predicted octanol–water partition coefficient (Wildman–Crippen LogP) is 3.31. The number of hydrogen-bond acceptors (Lipinski definition) is 2. The van der Waals surface area contributed by atoms with Crippen LogP contribution >= 0.6 is 0 Å². The van der Waals surface area contributed by atoms with Gasteiger partial charge in [0.25, 0.3) is 5.91 Å². The lowest BCUT2D eigenvalue weighted by molar-refractivity contribution is 0.0931. The molecule has 0 saturated heterocycles. The largest absolute Gasteiger partial charge is 0.378 e. The monoisotopic (exact) mass is 298 g/mol. The minimum Gasteiger partial charge on any atom is -0.378 e. The third kappa shape index (κ3) is 2.82. The molecule has 0 aromatic heterocycles. The average molecular weight is 298 g/mol. The lowest BCUT2D eigenvalue weighted by Gasteiger charge is -2.18. The van der Waals surface area contributed by atoms with Crippen LogP contribution in [0.1, 0.15) is 28.8 Å². The van der Waals surface area contributed by atoms with Crippen LogP contribution in [0.25, 0.3) is 0 Å². The van der Waals surface area contributed by atoms with E-state index in [1.807, 2.05) is 43.3 Å². The average Bonchev–Trinajstić information content (AvgIpc) is 3.28. The van der Waals surface area contributed by atoms with Crippen molar-refractivity contribution in [1.29, 1.82) is 0 Å². The first-order chi connectivity index (χ1) is 10.5. The number of amides is 1. The van der Waals surface area contributed by atoms with E-state index in [0.717, 1.165) is 24.1 Å². The Bertz CT molecular complexity index is 673. The van der Waals surface area contributed by atoms with E-state index in [9.17, 15) is 9.18 Å². The van der Waals surface area contributed by atoms with Crippen molar-refractivity contribution in [1.82, 2.24) is 5.32 Å². The Morgan fingerprint density at radius 2 is 1.64 bits per heavy atom. The normalized spacial score (nSPS) is 15.2. The fraction of sp³-hybridized carbons (Fsp3) is 0.278. The van der Waals surface area contributed by atoms with E-state index in [4.69, 9.17) is 0 Å². The Hall–Kier alpha value is -2.36. The van der Waals surface area contributed by atoms with E-state index in [0.29, 0.717) is 5.56 Å². The molecule has 0 aliphatic heterocycles. The van der Waals surface area contributed by atoms with Crippen LogP contribution in [0.3, 0.4) is 0 Å². The Labute approximate surface area is 129 Å². The van der Waals surface area contributed by atoms with Gasteiger partial charge in [0.05, 0.1) is 5.54 Å². The van der Waals surface area contributed by atoms with Crippen molar-refractivity contribution in [3.63, 3.8) is 0 Å². The van der Waals surface area contributed by atoms with Gasteiger partial charge in [-0.05, 0) is 54.8 Å². The SMILES string of the molecule is CN(C)c1ccc(C(=O)NC2(c3ccc(F)cc3)CC2)cc1. The van der Waals surface area contributed by atoms with Crippen molar-refractivity contribution in [2.75, 3.05) is 19.0 Å². The van der Waals surface area contributed by atoms with Crippen LogP contribution < -0.4 is 10.2 Å². The zero-order valence-corrected chi connectivity index (χ0v) is 12.8. The summed E-state index contributed by atoms with van der Waals surface area (Å²) >= 11 is 0. The summed E-state index contributed by atoms with van der Waals surface area (Å²) < 4.78 is 13.0. The molecule has 0 spiro atoms. The minimum absolute atomic E-state index is 0.0906. The number of hydrogen-bond donors (Lipinski definition) is 1. The van der Waals surface area contributed by atoms with Crippen LogP contribution in [-0.4, -0.2) is 20.0 Å². The molecular weight excluding hydrogens is 279 g/mol. The van der Waals surface area contributed by atoms with Crippen LogP contribution in [0.4, 0.5) is 10.1 Å². The molecule has 3 rings (SSSR count). The van der Waals surface area contributed by atoms with E-state index in [2.05, 4.69) is 5.32 Å². The highest BCUT2D eigenvalue weighted by Crippen LogP contribution is 2.45. The van der Waals surface area contributed by atoms with Gasteiger partial charge in [0, 0.05) is 25.3 Å². The predicted molar refractivity (Wildman–Crippen MR) is 85.5 cm³/mol. The van der Waals surface area contributed by atoms with Gasteiger partial charge in [-0.2, -0.15) is 0 Å². The summed E-state index contributed by atoms with van der Waals surface area (Å²) in [5.41, 5.74) is 2.33. The first kappa shape index (κ1) is 14.6. The second kappa shape index (κ2) is 5.44. The Balaban J connectivity index is 1.75. The fourth-order valence-electron chi connectivity index (χ4n) is 2.58. The zero-order chi connectivity index (χ0) is 15.7. The highest BCUT2D eigenvalue weighted by atomic mass is 19.1. The standard InChI is InChI=1S/C18H19FN2O/c1-21(2)16-9-3-13(4-10-16)17(22)20-18(11-12-18)14-5-7-15(19)8-6-14/h3-10H,11-12H2,1-2H3,(H,20,22). The summed E-state index contributed by atoms with van der Waals surface area (Å²) in [5, 5.41) is 3.09. The molecule has 1 saturated carbocycles. The van der Waals surface area contributed by atoms with Crippen molar-refractivity contribution in [3.8, 4) is 0 Å².